The van der Waals surface area contributed by atoms with E-state index in [0.29, 0.717) is 0 Å². The molecule has 0 bridgehead atoms. The van der Waals surface area contributed by atoms with Gasteiger partial charge in [-0.15, -0.1) is 0 Å². The Morgan fingerprint density at radius 2 is 2.00 bits per heavy atom. The number of hydrogen-bond acceptors (Lipinski definition) is 2. The van der Waals surface area contributed by atoms with E-state index in [1.54, 1.807) is 6.07 Å². The first-order valence-corrected chi connectivity index (χ1v) is 6.57. The third kappa shape index (κ3) is 2.34. The van der Waals surface area contributed by atoms with Crippen molar-refractivity contribution in [2.45, 2.75) is 45.3 Å². The van der Waals surface area contributed by atoms with E-state index in [0.717, 1.165) is 31.4 Å². The molecule has 2 nitrogen and oxygen atoms in total. The average molecular weight is 255 g/mol. The monoisotopic (exact) mass is 255 g/mol. The molecule has 1 aliphatic heterocycles. The lowest BCUT2D eigenvalue weighted by atomic mass is 10.0. The molecule has 4 heteroatoms. The molecular formula is C14H19F2NO. The minimum absolute atomic E-state index is 0.0324. The summed E-state index contributed by atoms with van der Waals surface area (Å²) in [5.74, 6) is -1.63. The standard InChI is InChI=1S/C14H19F2NO/c1-3-5-11-13(17-8-4-2)9-6-7-10(15)12(16)14(9)18-11/h6-7,11,13,17H,3-5,8H2,1-2H3. The van der Waals surface area contributed by atoms with Gasteiger partial charge >= 0.3 is 0 Å². The summed E-state index contributed by atoms with van der Waals surface area (Å²) in [6.07, 6.45) is 2.67. The summed E-state index contributed by atoms with van der Waals surface area (Å²) in [6.45, 7) is 4.97. The molecule has 0 amide bonds. The zero-order chi connectivity index (χ0) is 13.1. The first-order valence-electron chi connectivity index (χ1n) is 6.57. The van der Waals surface area contributed by atoms with Crippen LogP contribution in [0.3, 0.4) is 0 Å². The minimum Gasteiger partial charge on any atom is -0.485 e. The molecular weight excluding hydrogens is 236 g/mol. The Balaban J connectivity index is 2.29. The fourth-order valence-electron chi connectivity index (χ4n) is 2.38. The second kappa shape index (κ2) is 5.65. The van der Waals surface area contributed by atoms with Gasteiger partial charge < -0.3 is 10.1 Å². The fraction of sp³-hybridized carbons (Fsp3) is 0.571. The van der Waals surface area contributed by atoms with Gasteiger partial charge in [-0.25, -0.2) is 4.39 Å². The van der Waals surface area contributed by atoms with Gasteiger partial charge in [-0.05, 0) is 25.5 Å². The van der Waals surface area contributed by atoms with Gasteiger partial charge in [-0.2, -0.15) is 4.39 Å². The Labute approximate surface area is 106 Å². The Hall–Kier alpha value is -1.16. The predicted molar refractivity (Wildman–Crippen MR) is 66.7 cm³/mol. The first kappa shape index (κ1) is 13.3. The zero-order valence-electron chi connectivity index (χ0n) is 10.8. The van der Waals surface area contributed by atoms with Crippen LogP contribution in [0.4, 0.5) is 8.78 Å². The predicted octanol–water partition coefficient (Wildman–Crippen LogP) is 3.57. The lowest BCUT2D eigenvalue weighted by Crippen LogP contribution is -2.31. The number of benzene rings is 1. The molecule has 0 fully saturated rings. The quantitative estimate of drug-likeness (QED) is 0.868. The highest BCUT2D eigenvalue weighted by atomic mass is 19.2. The van der Waals surface area contributed by atoms with E-state index in [1.807, 2.05) is 0 Å². The normalized spacial score (nSPS) is 21.8. The van der Waals surface area contributed by atoms with Gasteiger partial charge in [0, 0.05) is 5.56 Å². The second-order valence-corrected chi connectivity index (χ2v) is 4.66. The van der Waals surface area contributed by atoms with Crippen LogP contribution in [-0.4, -0.2) is 12.6 Å². The van der Waals surface area contributed by atoms with E-state index in [1.165, 1.54) is 6.07 Å². The maximum atomic E-state index is 13.7. The molecule has 0 saturated heterocycles. The Kier molecular flexibility index (Phi) is 4.17. The van der Waals surface area contributed by atoms with Crippen LogP contribution in [-0.2, 0) is 0 Å². The molecule has 0 radical (unpaired) electrons. The van der Waals surface area contributed by atoms with Gasteiger partial charge in [0.25, 0.3) is 0 Å². The van der Waals surface area contributed by atoms with Crippen molar-refractivity contribution < 1.29 is 13.5 Å². The highest BCUT2D eigenvalue weighted by Crippen LogP contribution is 2.40. The largest absolute Gasteiger partial charge is 0.485 e. The van der Waals surface area contributed by atoms with Crippen LogP contribution in [0.2, 0.25) is 0 Å². The number of rotatable bonds is 5. The average Bonchev–Trinajstić information content (AvgIpc) is 2.71. The molecule has 0 aliphatic carbocycles. The van der Waals surface area contributed by atoms with Crippen molar-refractivity contribution >= 4 is 0 Å². The summed E-state index contributed by atoms with van der Waals surface area (Å²) in [5.41, 5.74) is 0.737. The summed E-state index contributed by atoms with van der Waals surface area (Å²) in [5, 5.41) is 3.35. The van der Waals surface area contributed by atoms with Crippen LogP contribution in [0.1, 0.15) is 44.7 Å². The Morgan fingerprint density at radius 3 is 2.67 bits per heavy atom. The van der Waals surface area contributed by atoms with E-state index in [-0.39, 0.29) is 17.9 Å². The molecule has 1 heterocycles. The minimum atomic E-state index is -0.866. The van der Waals surface area contributed by atoms with Crippen LogP contribution in [0.15, 0.2) is 12.1 Å². The van der Waals surface area contributed by atoms with E-state index < -0.39 is 11.6 Å². The number of fused-ring (bicyclic) bond motifs is 1. The number of hydrogen-bond donors (Lipinski definition) is 1. The van der Waals surface area contributed by atoms with Crippen molar-refractivity contribution in [3.05, 3.63) is 29.3 Å². The smallest absolute Gasteiger partial charge is 0.200 e. The molecule has 2 unspecified atom stereocenters. The van der Waals surface area contributed by atoms with Crippen molar-refractivity contribution in [2.24, 2.45) is 0 Å². The van der Waals surface area contributed by atoms with Crippen LogP contribution < -0.4 is 10.1 Å². The summed E-state index contributed by atoms with van der Waals surface area (Å²) >= 11 is 0. The molecule has 2 atom stereocenters. The number of ether oxygens (including phenoxy) is 1. The van der Waals surface area contributed by atoms with Crippen molar-refractivity contribution in [1.82, 2.24) is 5.32 Å². The Bertz CT molecular complexity index is 423. The molecule has 0 spiro atoms. The van der Waals surface area contributed by atoms with Gasteiger partial charge in [0.15, 0.2) is 11.6 Å². The molecule has 1 aromatic rings. The van der Waals surface area contributed by atoms with E-state index in [4.69, 9.17) is 4.74 Å². The zero-order valence-corrected chi connectivity index (χ0v) is 10.8. The highest BCUT2D eigenvalue weighted by Gasteiger charge is 2.36. The van der Waals surface area contributed by atoms with E-state index in [2.05, 4.69) is 19.2 Å². The topological polar surface area (TPSA) is 21.3 Å². The van der Waals surface area contributed by atoms with Crippen LogP contribution in [0.25, 0.3) is 0 Å². The number of nitrogens with one attached hydrogen (secondary N) is 1. The Morgan fingerprint density at radius 1 is 1.22 bits per heavy atom. The van der Waals surface area contributed by atoms with Gasteiger partial charge in [0.1, 0.15) is 6.10 Å². The van der Waals surface area contributed by atoms with Crippen LogP contribution >= 0.6 is 0 Å². The highest BCUT2D eigenvalue weighted by molar-refractivity contribution is 5.42. The first-order chi connectivity index (χ1) is 8.69. The van der Waals surface area contributed by atoms with Gasteiger partial charge in [-0.1, -0.05) is 26.3 Å². The van der Waals surface area contributed by atoms with Crippen molar-refractivity contribution in [1.29, 1.82) is 0 Å². The maximum absolute atomic E-state index is 13.7. The second-order valence-electron chi connectivity index (χ2n) is 4.66. The molecule has 2 rings (SSSR count). The lowest BCUT2D eigenvalue weighted by molar-refractivity contribution is 0.172. The summed E-state index contributed by atoms with van der Waals surface area (Å²) in [6, 6.07) is 2.76. The molecule has 1 aromatic carbocycles. The van der Waals surface area contributed by atoms with Crippen molar-refractivity contribution in [3.63, 3.8) is 0 Å². The maximum Gasteiger partial charge on any atom is 0.200 e. The van der Waals surface area contributed by atoms with Gasteiger partial charge in [0.05, 0.1) is 6.04 Å². The molecule has 18 heavy (non-hydrogen) atoms. The van der Waals surface area contributed by atoms with E-state index in [9.17, 15) is 8.78 Å². The van der Waals surface area contributed by atoms with Crippen LogP contribution in [0, 0.1) is 11.6 Å². The summed E-state index contributed by atoms with van der Waals surface area (Å²) < 4.78 is 32.5. The third-order valence-electron chi connectivity index (χ3n) is 3.24. The fourth-order valence-corrected chi connectivity index (χ4v) is 2.38. The van der Waals surface area contributed by atoms with Gasteiger partial charge in [0.2, 0.25) is 5.82 Å². The SMILES string of the molecule is CCCNC1c2ccc(F)c(F)c2OC1CCC. The van der Waals surface area contributed by atoms with Crippen molar-refractivity contribution in [3.8, 4) is 5.75 Å². The lowest BCUT2D eigenvalue weighted by Gasteiger charge is -2.19. The number of halogens is 2. The van der Waals surface area contributed by atoms with E-state index >= 15 is 0 Å². The summed E-state index contributed by atoms with van der Waals surface area (Å²) in [7, 11) is 0. The summed E-state index contributed by atoms with van der Waals surface area (Å²) in [4.78, 5) is 0. The molecule has 100 valence electrons. The molecule has 1 aliphatic rings. The third-order valence-corrected chi connectivity index (χ3v) is 3.24. The molecule has 0 aromatic heterocycles. The van der Waals surface area contributed by atoms with Crippen LogP contribution in [0.5, 0.6) is 5.75 Å². The molecule has 0 saturated carbocycles. The van der Waals surface area contributed by atoms with Crippen molar-refractivity contribution in [2.75, 3.05) is 6.54 Å². The van der Waals surface area contributed by atoms with Gasteiger partial charge in [-0.3, -0.25) is 0 Å². The molecule has 1 N–H and O–H groups in total.